The first-order valence-corrected chi connectivity index (χ1v) is 11.3. The van der Waals surface area contributed by atoms with E-state index in [9.17, 15) is 9.59 Å². The number of thiophene rings is 1. The molecule has 0 saturated heterocycles. The summed E-state index contributed by atoms with van der Waals surface area (Å²) in [7, 11) is 0. The molecule has 0 unspecified atom stereocenters. The molecule has 162 valence electrons. The molecule has 0 aliphatic rings. The molecule has 0 spiro atoms. The Kier molecular flexibility index (Phi) is 6.96. The fraction of sp³-hybridized carbons (Fsp3) is 0.308. The average Bonchev–Trinajstić information content (AvgIpc) is 3.12. The maximum absolute atomic E-state index is 13.2. The largest absolute Gasteiger partial charge is 0.462 e. The smallest absolute Gasteiger partial charge is 0.341 e. The van der Waals surface area contributed by atoms with Gasteiger partial charge in [-0.15, -0.1) is 11.3 Å². The minimum absolute atomic E-state index is 0.129. The van der Waals surface area contributed by atoms with Crippen LogP contribution in [0.1, 0.15) is 47.8 Å². The summed E-state index contributed by atoms with van der Waals surface area (Å²) in [4.78, 5) is 26.0. The van der Waals surface area contributed by atoms with E-state index < -0.39 is 11.4 Å². The van der Waals surface area contributed by atoms with Gasteiger partial charge in [0, 0.05) is 16.4 Å². The zero-order valence-electron chi connectivity index (χ0n) is 18.7. The molecule has 0 fully saturated rings. The standard InChI is InChI=1S/C26H29NO3S/c1-6-30-24(28)22-21(20-13-12-17(2)14-18(20)3)16-31-23(22)27-25(29)26(4,5)15-19-10-8-7-9-11-19/h7-14,16H,6,15H2,1-5H3,(H,27,29). The Bertz CT molecular complexity index is 1080. The third-order valence-corrected chi connectivity index (χ3v) is 6.17. The number of anilines is 1. The number of hydrogen-bond acceptors (Lipinski definition) is 4. The van der Waals surface area contributed by atoms with Crippen molar-refractivity contribution in [3.63, 3.8) is 0 Å². The number of ether oxygens (including phenoxy) is 1. The minimum atomic E-state index is -0.642. The summed E-state index contributed by atoms with van der Waals surface area (Å²) < 4.78 is 5.33. The van der Waals surface area contributed by atoms with Crippen LogP contribution in [0.25, 0.3) is 11.1 Å². The molecule has 0 bridgehead atoms. The molecule has 0 saturated carbocycles. The lowest BCUT2D eigenvalue weighted by Crippen LogP contribution is -2.33. The van der Waals surface area contributed by atoms with Crippen molar-refractivity contribution in [1.82, 2.24) is 0 Å². The van der Waals surface area contributed by atoms with Gasteiger partial charge in [0.25, 0.3) is 0 Å². The maximum atomic E-state index is 13.2. The van der Waals surface area contributed by atoms with Crippen LogP contribution in [0, 0.1) is 19.3 Å². The summed E-state index contributed by atoms with van der Waals surface area (Å²) in [5.74, 6) is -0.550. The number of esters is 1. The van der Waals surface area contributed by atoms with Crippen molar-refractivity contribution in [3.8, 4) is 11.1 Å². The van der Waals surface area contributed by atoms with E-state index in [-0.39, 0.29) is 12.5 Å². The van der Waals surface area contributed by atoms with E-state index >= 15 is 0 Å². The van der Waals surface area contributed by atoms with Crippen LogP contribution in [0.5, 0.6) is 0 Å². The number of nitrogens with one attached hydrogen (secondary N) is 1. The van der Waals surface area contributed by atoms with E-state index in [1.807, 2.05) is 75.5 Å². The SMILES string of the molecule is CCOC(=O)c1c(-c2ccc(C)cc2C)csc1NC(=O)C(C)(C)Cc1ccccc1. The van der Waals surface area contributed by atoms with E-state index in [1.165, 1.54) is 11.3 Å². The number of amides is 1. The van der Waals surface area contributed by atoms with Gasteiger partial charge in [0.1, 0.15) is 10.6 Å². The van der Waals surface area contributed by atoms with Gasteiger partial charge in [0.05, 0.1) is 6.61 Å². The fourth-order valence-corrected chi connectivity index (χ4v) is 4.57. The van der Waals surface area contributed by atoms with Gasteiger partial charge in [-0.25, -0.2) is 4.79 Å². The van der Waals surface area contributed by atoms with Gasteiger partial charge in [-0.1, -0.05) is 67.9 Å². The lowest BCUT2D eigenvalue weighted by atomic mass is 9.85. The Morgan fingerprint density at radius 1 is 1.03 bits per heavy atom. The minimum Gasteiger partial charge on any atom is -0.462 e. The molecular weight excluding hydrogens is 406 g/mol. The van der Waals surface area contributed by atoms with Gasteiger partial charge < -0.3 is 10.1 Å². The van der Waals surface area contributed by atoms with Crippen molar-refractivity contribution in [2.24, 2.45) is 5.41 Å². The Labute approximate surface area is 188 Å². The van der Waals surface area contributed by atoms with Gasteiger partial charge in [-0.2, -0.15) is 0 Å². The molecule has 0 atom stereocenters. The normalized spacial score (nSPS) is 11.3. The van der Waals surface area contributed by atoms with E-state index in [4.69, 9.17) is 4.74 Å². The van der Waals surface area contributed by atoms with E-state index in [0.29, 0.717) is 17.0 Å². The topological polar surface area (TPSA) is 55.4 Å². The molecular formula is C26H29NO3S. The highest BCUT2D eigenvalue weighted by molar-refractivity contribution is 7.15. The number of aryl methyl sites for hydroxylation is 2. The highest BCUT2D eigenvalue weighted by Gasteiger charge is 2.31. The predicted molar refractivity (Wildman–Crippen MR) is 128 cm³/mol. The summed E-state index contributed by atoms with van der Waals surface area (Å²) in [6.45, 7) is 9.94. The Morgan fingerprint density at radius 3 is 2.39 bits per heavy atom. The van der Waals surface area contributed by atoms with Crippen LogP contribution in [-0.4, -0.2) is 18.5 Å². The summed E-state index contributed by atoms with van der Waals surface area (Å²) >= 11 is 1.36. The predicted octanol–water partition coefficient (Wildman–Crippen LogP) is 6.42. The quantitative estimate of drug-likeness (QED) is 0.436. The van der Waals surface area contributed by atoms with Crippen LogP contribution in [0.4, 0.5) is 5.00 Å². The van der Waals surface area contributed by atoms with Gasteiger partial charge in [0.2, 0.25) is 5.91 Å². The van der Waals surface area contributed by atoms with Crippen molar-refractivity contribution in [3.05, 3.63) is 76.2 Å². The van der Waals surface area contributed by atoms with Gasteiger partial charge in [-0.3, -0.25) is 4.79 Å². The van der Waals surface area contributed by atoms with Crippen LogP contribution in [0.2, 0.25) is 0 Å². The van der Waals surface area contributed by atoms with Crippen molar-refractivity contribution in [2.75, 3.05) is 11.9 Å². The first-order valence-electron chi connectivity index (χ1n) is 10.4. The van der Waals surface area contributed by atoms with Crippen molar-refractivity contribution in [2.45, 2.75) is 41.0 Å². The molecule has 0 radical (unpaired) electrons. The Hall–Kier alpha value is -2.92. The van der Waals surface area contributed by atoms with E-state index in [1.54, 1.807) is 6.92 Å². The highest BCUT2D eigenvalue weighted by atomic mass is 32.1. The molecule has 1 heterocycles. The first-order chi connectivity index (χ1) is 14.7. The van der Waals surface area contributed by atoms with Gasteiger partial charge in [0.15, 0.2) is 0 Å². The molecule has 1 amide bonds. The van der Waals surface area contributed by atoms with Crippen LogP contribution < -0.4 is 5.32 Å². The molecule has 3 rings (SSSR count). The molecule has 5 heteroatoms. The molecule has 4 nitrogen and oxygen atoms in total. The van der Waals surface area contributed by atoms with Crippen molar-refractivity contribution < 1.29 is 14.3 Å². The number of carbonyl (C=O) groups is 2. The third-order valence-electron chi connectivity index (χ3n) is 5.27. The molecule has 3 aromatic rings. The molecule has 1 N–H and O–H groups in total. The lowest BCUT2D eigenvalue weighted by molar-refractivity contribution is -0.123. The van der Waals surface area contributed by atoms with Crippen molar-refractivity contribution in [1.29, 1.82) is 0 Å². The Balaban J connectivity index is 1.94. The summed E-state index contributed by atoms with van der Waals surface area (Å²) in [6.07, 6.45) is 0.601. The van der Waals surface area contributed by atoms with Gasteiger partial charge >= 0.3 is 5.97 Å². The second-order valence-corrected chi connectivity index (χ2v) is 9.27. The zero-order valence-corrected chi connectivity index (χ0v) is 19.6. The summed E-state index contributed by atoms with van der Waals surface area (Å²) in [5.41, 5.74) is 4.86. The second-order valence-electron chi connectivity index (χ2n) is 8.39. The highest BCUT2D eigenvalue weighted by Crippen LogP contribution is 2.38. The maximum Gasteiger partial charge on any atom is 0.341 e. The molecule has 0 aliphatic carbocycles. The number of rotatable bonds is 7. The van der Waals surface area contributed by atoms with E-state index in [2.05, 4.69) is 11.4 Å². The second kappa shape index (κ2) is 9.48. The fourth-order valence-electron chi connectivity index (χ4n) is 3.63. The third kappa shape index (κ3) is 5.23. The van der Waals surface area contributed by atoms with Crippen LogP contribution in [0.15, 0.2) is 53.9 Å². The van der Waals surface area contributed by atoms with Gasteiger partial charge in [-0.05, 0) is 43.9 Å². The van der Waals surface area contributed by atoms with Crippen LogP contribution in [-0.2, 0) is 16.0 Å². The van der Waals surface area contributed by atoms with Crippen LogP contribution in [0.3, 0.4) is 0 Å². The monoisotopic (exact) mass is 435 g/mol. The molecule has 31 heavy (non-hydrogen) atoms. The lowest BCUT2D eigenvalue weighted by Gasteiger charge is -2.23. The first kappa shape index (κ1) is 22.8. The molecule has 2 aromatic carbocycles. The Morgan fingerprint density at radius 2 is 1.74 bits per heavy atom. The number of hydrogen-bond donors (Lipinski definition) is 1. The number of carbonyl (C=O) groups excluding carboxylic acids is 2. The molecule has 0 aliphatic heterocycles. The zero-order chi connectivity index (χ0) is 22.6. The average molecular weight is 436 g/mol. The van der Waals surface area contributed by atoms with Crippen LogP contribution >= 0.6 is 11.3 Å². The van der Waals surface area contributed by atoms with E-state index in [0.717, 1.165) is 27.8 Å². The van der Waals surface area contributed by atoms with Crippen molar-refractivity contribution >= 4 is 28.2 Å². The molecule has 1 aromatic heterocycles. The number of benzene rings is 2. The summed E-state index contributed by atoms with van der Waals surface area (Å²) in [5, 5.41) is 5.46. The summed E-state index contributed by atoms with van der Waals surface area (Å²) in [6, 6.07) is 16.1.